The molecule has 1 aliphatic heterocycles. The number of ether oxygens (including phenoxy) is 2. The lowest BCUT2D eigenvalue weighted by molar-refractivity contribution is 0.101. The van der Waals surface area contributed by atoms with Crippen LogP contribution in [0.5, 0.6) is 11.5 Å². The number of benzene rings is 1. The number of nitrogens with zero attached hydrogens (tertiary/aromatic N) is 3. The van der Waals surface area contributed by atoms with E-state index < -0.39 is 0 Å². The summed E-state index contributed by atoms with van der Waals surface area (Å²) in [6.45, 7) is 7.22. The fourth-order valence-corrected chi connectivity index (χ4v) is 4.69. The van der Waals surface area contributed by atoms with Crippen LogP contribution in [0.2, 0.25) is 0 Å². The molecule has 162 valence electrons. The van der Waals surface area contributed by atoms with E-state index in [1.165, 1.54) is 18.7 Å². The van der Waals surface area contributed by atoms with Gasteiger partial charge in [-0.2, -0.15) is 5.26 Å². The van der Waals surface area contributed by atoms with Crippen LogP contribution in [0.1, 0.15) is 50.3 Å². The number of Topliss-reactive ketones (excluding diaryl/α,β-unsaturated/α-hetero) is 2. The van der Waals surface area contributed by atoms with Crippen molar-refractivity contribution in [3.63, 3.8) is 0 Å². The highest BCUT2D eigenvalue weighted by molar-refractivity contribution is 8.00. The molecule has 0 saturated carbocycles. The maximum Gasteiger partial charge on any atom is 0.231 e. The monoisotopic (exact) mass is 447 g/mol. The molecule has 2 aromatic heterocycles. The Hall–Kier alpha value is -3.57. The SMILES string of the molecule is CC(=O)c1cc(C#N)c(SCC(=O)c2cc(C)n(-c3ccc4c(c3)OCO4)c2C)nc1C. The Morgan fingerprint density at radius 1 is 1.12 bits per heavy atom. The first-order chi connectivity index (χ1) is 15.3. The number of carbonyl (C=O) groups excluding carboxylic acids is 2. The van der Waals surface area contributed by atoms with E-state index in [0.29, 0.717) is 38.9 Å². The van der Waals surface area contributed by atoms with Gasteiger partial charge in [0.1, 0.15) is 11.1 Å². The van der Waals surface area contributed by atoms with Gasteiger partial charge in [-0.05, 0) is 52.0 Å². The Morgan fingerprint density at radius 2 is 1.88 bits per heavy atom. The Morgan fingerprint density at radius 3 is 2.59 bits per heavy atom. The maximum atomic E-state index is 13.0. The number of aryl methyl sites for hydroxylation is 2. The summed E-state index contributed by atoms with van der Waals surface area (Å²) in [7, 11) is 0. The highest BCUT2D eigenvalue weighted by Gasteiger charge is 2.21. The highest BCUT2D eigenvalue weighted by Crippen LogP contribution is 2.35. The third kappa shape index (κ3) is 3.87. The minimum absolute atomic E-state index is 0.0610. The lowest BCUT2D eigenvalue weighted by Gasteiger charge is -2.11. The van der Waals surface area contributed by atoms with Crippen molar-refractivity contribution in [2.75, 3.05) is 12.5 Å². The Bertz CT molecular complexity index is 1300. The van der Waals surface area contributed by atoms with Crippen molar-refractivity contribution in [1.29, 1.82) is 5.26 Å². The number of hydrogen-bond acceptors (Lipinski definition) is 7. The van der Waals surface area contributed by atoms with Crippen LogP contribution in [0.3, 0.4) is 0 Å². The summed E-state index contributed by atoms with van der Waals surface area (Å²) in [4.78, 5) is 29.2. The molecule has 1 aliphatic rings. The molecule has 4 rings (SSSR count). The van der Waals surface area contributed by atoms with E-state index in [9.17, 15) is 14.9 Å². The van der Waals surface area contributed by atoms with Crippen molar-refractivity contribution in [1.82, 2.24) is 9.55 Å². The van der Waals surface area contributed by atoms with Crippen LogP contribution in [-0.2, 0) is 0 Å². The minimum Gasteiger partial charge on any atom is -0.454 e. The quantitative estimate of drug-likeness (QED) is 0.403. The largest absolute Gasteiger partial charge is 0.454 e. The molecule has 0 N–H and O–H groups in total. The second-order valence-corrected chi connectivity index (χ2v) is 8.48. The summed E-state index contributed by atoms with van der Waals surface area (Å²) in [6.07, 6.45) is 0. The molecule has 0 aliphatic carbocycles. The second kappa shape index (κ2) is 8.52. The first-order valence-electron chi connectivity index (χ1n) is 9.97. The molecule has 7 nitrogen and oxygen atoms in total. The maximum absolute atomic E-state index is 13.0. The first kappa shape index (κ1) is 21.7. The standard InChI is InChI=1S/C24H21N3O4S/c1-13-7-20(15(3)27(13)18-5-6-22-23(9-18)31-12-30-22)21(29)11-32-24-17(10-25)8-19(16(4)28)14(2)26-24/h5-9H,11-12H2,1-4H3. The van der Waals surface area contributed by atoms with Gasteiger partial charge < -0.3 is 14.0 Å². The van der Waals surface area contributed by atoms with E-state index in [1.807, 2.05) is 42.7 Å². The van der Waals surface area contributed by atoms with E-state index in [2.05, 4.69) is 11.1 Å². The fourth-order valence-electron chi connectivity index (χ4n) is 3.81. The van der Waals surface area contributed by atoms with Gasteiger partial charge in [0.05, 0.1) is 11.3 Å². The summed E-state index contributed by atoms with van der Waals surface area (Å²) >= 11 is 1.20. The second-order valence-electron chi connectivity index (χ2n) is 7.51. The molecule has 3 heterocycles. The zero-order chi connectivity index (χ0) is 23.0. The zero-order valence-electron chi connectivity index (χ0n) is 18.2. The van der Waals surface area contributed by atoms with Gasteiger partial charge in [-0.15, -0.1) is 0 Å². The minimum atomic E-state index is -0.143. The third-order valence-electron chi connectivity index (χ3n) is 5.36. The molecular weight excluding hydrogens is 426 g/mol. The van der Waals surface area contributed by atoms with E-state index in [0.717, 1.165) is 17.1 Å². The molecule has 0 unspecified atom stereocenters. The van der Waals surface area contributed by atoms with Gasteiger partial charge in [-0.3, -0.25) is 9.59 Å². The number of aromatic nitrogens is 2. The average Bonchev–Trinajstić information content (AvgIpc) is 3.34. The van der Waals surface area contributed by atoms with Crippen LogP contribution in [0.15, 0.2) is 35.4 Å². The smallest absolute Gasteiger partial charge is 0.231 e. The van der Waals surface area contributed by atoms with Gasteiger partial charge in [-0.25, -0.2) is 4.98 Å². The predicted molar refractivity (Wildman–Crippen MR) is 120 cm³/mol. The molecule has 0 spiro atoms. The summed E-state index contributed by atoms with van der Waals surface area (Å²) in [5.74, 6) is 1.31. The van der Waals surface area contributed by atoms with Gasteiger partial charge >= 0.3 is 0 Å². The van der Waals surface area contributed by atoms with Crippen molar-refractivity contribution in [2.45, 2.75) is 32.7 Å². The van der Waals surface area contributed by atoms with Crippen molar-refractivity contribution < 1.29 is 19.1 Å². The predicted octanol–water partition coefficient (Wildman–Crippen LogP) is 4.58. The van der Waals surface area contributed by atoms with E-state index in [4.69, 9.17) is 9.47 Å². The summed E-state index contributed by atoms with van der Waals surface area (Å²) in [6, 6.07) is 11.2. The molecule has 0 radical (unpaired) electrons. The number of pyridine rings is 1. The van der Waals surface area contributed by atoms with Crippen LogP contribution in [0.25, 0.3) is 5.69 Å². The van der Waals surface area contributed by atoms with Crippen molar-refractivity contribution in [3.8, 4) is 23.3 Å². The molecule has 0 fully saturated rings. The number of hydrogen-bond donors (Lipinski definition) is 0. The van der Waals surface area contributed by atoms with Crippen LogP contribution in [-0.4, -0.2) is 33.7 Å². The van der Waals surface area contributed by atoms with Gasteiger partial charge in [0, 0.05) is 40.0 Å². The molecule has 3 aromatic rings. The number of rotatable bonds is 6. The van der Waals surface area contributed by atoms with Crippen LogP contribution in [0, 0.1) is 32.1 Å². The lowest BCUT2D eigenvalue weighted by atomic mass is 10.1. The first-order valence-corrected chi connectivity index (χ1v) is 11.0. The van der Waals surface area contributed by atoms with E-state index >= 15 is 0 Å². The number of nitriles is 1. The Balaban J connectivity index is 1.58. The van der Waals surface area contributed by atoms with Crippen molar-refractivity contribution >= 4 is 23.3 Å². The molecule has 0 bridgehead atoms. The molecule has 32 heavy (non-hydrogen) atoms. The van der Waals surface area contributed by atoms with Crippen LogP contribution >= 0.6 is 11.8 Å². The third-order valence-corrected chi connectivity index (χ3v) is 6.35. The van der Waals surface area contributed by atoms with Crippen molar-refractivity contribution in [3.05, 3.63) is 64.1 Å². The number of fused-ring (bicyclic) bond motifs is 1. The summed E-state index contributed by atoms with van der Waals surface area (Å²) in [5.41, 5.74) is 4.51. The van der Waals surface area contributed by atoms with Crippen molar-refractivity contribution in [2.24, 2.45) is 0 Å². The average molecular weight is 448 g/mol. The highest BCUT2D eigenvalue weighted by atomic mass is 32.2. The fraction of sp³-hybridized carbons (Fsp3) is 0.250. The molecule has 8 heteroatoms. The lowest BCUT2D eigenvalue weighted by Crippen LogP contribution is -2.07. The topological polar surface area (TPSA) is 94.2 Å². The number of carbonyl (C=O) groups is 2. The van der Waals surface area contributed by atoms with E-state index in [-0.39, 0.29) is 24.1 Å². The molecule has 0 saturated heterocycles. The van der Waals surface area contributed by atoms with Gasteiger partial charge in [0.25, 0.3) is 0 Å². The molecule has 1 aromatic carbocycles. The number of thioether (sulfide) groups is 1. The number of ketones is 2. The normalized spacial score (nSPS) is 12.0. The summed E-state index contributed by atoms with van der Waals surface area (Å²) in [5, 5.41) is 9.90. The van der Waals surface area contributed by atoms with Crippen LogP contribution in [0.4, 0.5) is 0 Å². The zero-order valence-corrected chi connectivity index (χ0v) is 19.0. The summed E-state index contributed by atoms with van der Waals surface area (Å²) < 4.78 is 12.9. The van der Waals surface area contributed by atoms with Crippen LogP contribution < -0.4 is 9.47 Å². The Labute approximate surface area is 190 Å². The van der Waals surface area contributed by atoms with E-state index in [1.54, 1.807) is 13.0 Å². The van der Waals surface area contributed by atoms with Gasteiger partial charge in [0.15, 0.2) is 23.1 Å². The molecule has 0 amide bonds. The van der Waals surface area contributed by atoms with Gasteiger partial charge in [0.2, 0.25) is 6.79 Å². The van der Waals surface area contributed by atoms with Gasteiger partial charge in [-0.1, -0.05) is 11.8 Å². The molecule has 0 atom stereocenters. The molecular formula is C24H21N3O4S. The Kier molecular flexibility index (Phi) is 5.76.